The Bertz CT molecular complexity index is 890. The first-order valence-corrected chi connectivity index (χ1v) is 9.23. The van der Waals surface area contributed by atoms with Crippen LogP contribution in [0.4, 0.5) is 5.69 Å². The minimum absolute atomic E-state index is 0.115. The predicted octanol–water partition coefficient (Wildman–Crippen LogP) is 5.03. The summed E-state index contributed by atoms with van der Waals surface area (Å²) in [6.07, 6.45) is 3.89. The van der Waals surface area contributed by atoms with E-state index in [1.807, 2.05) is 30.3 Å². The number of nitrogens with one attached hydrogen (secondary N) is 1. The van der Waals surface area contributed by atoms with Crippen LogP contribution in [0.5, 0.6) is 0 Å². The van der Waals surface area contributed by atoms with Gasteiger partial charge in [-0.25, -0.2) is 4.79 Å². The molecule has 1 aliphatic carbocycles. The van der Waals surface area contributed by atoms with Crippen molar-refractivity contribution in [3.63, 3.8) is 0 Å². The molecular formula is C20H19Cl2NO3. The average Bonchev–Trinajstić information content (AvgIpc) is 3.00. The van der Waals surface area contributed by atoms with Crippen molar-refractivity contribution in [2.45, 2.75) is 32.2 Å². The average molecular weight is 392 g/mol. The molecule has 136 valence electrons. The summed E-state index contributed by atoms with van der Waals surface area (Å²) < 4.78 is 5.10. The molecule has 1 aliphatic rings. The SMILES string of the molecule is Cc1cc(Cl)c(/C(Cl)=C/[C@@H](Nc2ccccc2)[C@H]2CCCC2=O)c(=O)o1. The summed E-state index contributed by atoms with van der Waals surface area (Å²) in [6.45, 7) is 1.64. The molecule has 1 N–H and O–H groups in total. The summed E-state index contributed by atoms with van der Waals surface area (Å²) in [4.78, 5) is 24.4. The molecule has 0 bridgehead atoms. The van der Waals surface area contributed by atoms with Gasteiger partial charge in [0.1, 0.15) is 11.5 Å². The summed E-state index contributed by atoms with van der Waals surface area (Å²) in [5, 5.41) is 3.76. The number of ketones is 1. The molecule has 1 saturated carbocycles. The van der Waals surface area contributed by atoms with Crippen molar-refractivity contribution >= 4 is 39.7 Å². The lowest BCUT2D eigenvalue weighted by atomic mass is 9.95. The quantitative estimate of drug-likeness (QED) is 0.775. The van der Waals surface area contributed by atoms with Crippen LogP contribution in [0.25, 0.3) is 5.03 Å². The number of benzene rings is 1. The van der Waals surface area contributed by atoms with Gasteiger partial charge in [-0.15, -0.1) is 0 Å². The lowest BCUT2D eigenvalue weighted by Crippen LogP contribution is -2.30. The molecule has 0 aliphatic heterocycles. The molecule has 1 aromatic carbocycles. The van der Waals surface area contributed by atoms with Crippen LogP contribution in [-0.4, -0.2) is 11.8 Å². The van der Waals surface area contributed by atoms with Crippen LogP contribution < -0.4 is 10.9 Å². The molecule has 0 saturated heterocycles. The Balaban J connectivity index is 1.97. The summed E-state index contributed by atoms with van der Waals surface area (Å²) in [5.74, 6) is 0.416. The van der Waals surface area contributed by atoms with Crippen LogP contribution in [0.3, 0.4) is 0 Å². The molecule has 0 unspecified atom stereocenters. The van der Waals surface area contributed by atoms with Gasteiger partial charge in [0.05, 0.1) is 21.7 Å². The lowest BCUT2D eigenvalue weighted by Gasteiger charge is -2.22. The van der Waals surface area contributed by atoms with Crippen LogP contribution in [0.2, 0.25) is 5.02 Å². The highest BCUT2D eigenvalue weighted by Crippen LogP contribution is 2.31. The first kappa shape index (κ1) is 18.7. The van der Waals surface area contributed by atoms with Gasteiger partial charge in [0.15, 0.2) is 0 Å². The number of hydrogen-bond donors (Lipinski definition) is 1. The second-order valence-electron chi connectivity index (χ2n) is 6.38. The number of anilines is 1. The van der Waals surface area contributed by atoms with Gasteiger partial charge in [-0.3, -0.25) is 4.79 Å². The zero-order valence-corrected chi connectivity index (χ0v) is 15.8. The first-order chi connectivity index (χ1) is 12.5. The highest BCUT2D eigenvalue weighted by molar-refractivity contribution is 6.50. The number of hydrogen-bond acceptors (Lipinski definition) is 4. The minimum Gasteiger partial charge on any atom is -0.428 e. The van der Waals surface area contributed by atoms with Gasteiger partial charge in [-0.2, -0.15) is 0 Å². The molecule has 0 radical (unpaired) electrons. The molecule has 0 amide bonds. The largest absolute Gasteiger partial charge is 0.428 e. The van der Waals surface area contributed by atoms with E-state index in [-0.39, 0.29) is 33.4 Å². The molecule has 0 spiro atoms. The van der Waals surface area contributed by atoms with Gasteiger partial charge in [0.2, 0.25) is 0 Å². The van der Waals surface area contributed by atoms with E-state index in [0.29, 0.717) is 12.2 Å². The second kappa shape index (κ2) is 8.11. The van der Waals surface area contributed by atoms with Crippen molar-refractivity contribution in [1.82, 2.24) is 0 Å². The zero-order valence-electron chi connectivity index (χ0n) is 14.3. The van der Waals surface area contributed by atoms with Crippen LogP contribution in [-0.2, 0) is 4.79 Å². The Labute approximate surface area is 161 Å². The van der Waals surface area contributed by atoms with Gasteiger partial charge in [0.25, 0.3) is 0 Å². The Morgan fingerprint density at radius 2 is 2.04 bits per heavy atom. The van der Waals surface area contributed by atoms with E-state index in [0.717, 1.165) is 18.5 Å². The molecule has 2 aromatic rings. The first-order valence-electron chi connectivity index (χ1n) is 8.48. The number of aryl methyl sites for hydroxylation is 1. The maximum absolute atomic E-state index is 12.3. The Morgan fingerprint density at radius 1 is 1.31 bits per heavy atom. The monoisotopic (exact) mass is 391 g/mol. The third-order valence-corrected chi connectivity index (χ3v) is 5.10. The lowest BCUT2D eigenvalue weighted by molar-refractivity contribution is -0.120. The fourth-order valence-electron chi connectivity index (χ4n) is 3.24. The molecule has 6 heteroatoms. The topological polar surface area (TPSA) is 59.3 Å². The number of Topliss-reactive ketones (excluding diaryl/α,β-unsaturated/α-hetero) is 1. The van der Waals surface area contributed by atoms with E-state index < -0.39 is 5.63 Å². The summed E-state index contributed by atoms with van der Waals surface area (Å²) in [5.41, 5.74) is 0.400. The van der Waals surface area contributed by atoms with Crippen molar-refractivity contribution in [1.29, 1.82) is 0 Å². The van der Waals surface area contributed by atoms with Crippen LogP contribution in [0, 0.1) is 12.8 Å². The molecule has 2 atom stereocenters. The molecule has 1 heterocycles. The van der Waals surface area contributed by atoms with Crippen molar-refractivity contribution in [2.24, 2.45) is 5.92 Å². The number of carbonyl (C=O) groups is 1. The summed E-state index contributed by atoms with van der Waals surface area (Å²) in [7, 11) is 0. The number of para-hydroxylation sites is 1. The van der Waals surface area contributed by atoms with E-state index in [1.165, 1.54) is 0 Å². The minimum atomic E-state index is -0.590. The van der Waals surface area contributed by atoms with Crippen LogP contribution in [0.15, 0.2) is 51.7 Å². The van der Waals surface area contributed by atoms with Crippen molar-refractivity contribution < 1.29 is 9.21 Å². The third kappa shape index (κ3) is 4.19. The fraction of sp³-hybridized carbons (Fsp3) is 0.300. The van der Waals surface area contributed by atoms with Gasteiger partial charge in [-0.1, -0.05) is 41.4 Å². The Kier molecular flexibility index (Phi) is 5.84. The van der Waals surface area contributed by atoms with E-state index in [2.05, 4.69) is 5.32 Å². The molecule has 26 heavy (non-hydrogen) atoms. The van der Waals surface area contributed by atoms with Crippen molar-refractivity contribution in [2.75, 3.05) is 5.32 Å². The Hall–Kier alpha value is -2.04. The van der Waals surface area contributed by atoms with Crippen molar-refractivity contribution in [3.05, 3.63) is 69.2 Å². The molecule has 1 aromatic heterocycles. The number of halogens is 2. The van der Waals surface area contributed by atoms with Gasteiger partial charge < -0.3 is 9.73 Å². The molecule has 4 nitrogen and oxygen atoms in total. The van der Waals surface area contributed by atoms with E-state index in [9.17, 15) is 9.59 Å². The van der Waals surface area contributed by atoms with Gasteiger partial charge >= 0.3 is 5.63 Å². The highest BCUT2D eigenvalue weighted by Gasteiger charge is 2.31. The standard InChI is InChI=1S/C20H19Cl2NO3/c1-12-10-15(21)19(20(25)26-12)16(22)11-17(14-8-5-9-18(14)24)23-13-6-3-2-4-7-13/h2-4,6-7,10-11,14,17,23H,5,8-9H2,1H3/b16-11-/t14-,17-/m1/s1. The second-order valence-corrected chi connectivity index (χ2v) is 7.20. The molecular weight excluding hydrogens is 373 g/mol. The van der Waals surface area contributed by atoms with E-state index in [1.54, 1.807) is 19.1 Å². The van der Waals surface area contributed by atoms with Crippen molar-refractivity contribution in [3.8, 4) is 0 Å². The number of rotatable bonds is 5. The summed E-state index contributed by atoms with van der Waals surface area (Å²) in [6, 6.07) is 10.8. The smallest absolute Gasteiger partial charge is 0.346 e. The van der Waals surface area contributed by atoms with Gasteiger partial charge in [-0.05, 0) is 44.0 Å². The zero-order chi connectivity index (χ0) is 18.7. The fourth-order valence-corrected chi connectivity index (χ4v) is 3.93. The maximum Gasteiger partial charge on any atom is 0.346 e. The highest BCUT2D eigenvalue weighted by atomic mass is 35.5. The van der Waals surface area contributed by atoms with E-state index in [4.69, 9.17) is 27.6 Å². The Morgan fingerprint density at radius 3 is 2.65 bits per heavy atom. The number of carbonyl (C=O) groups excluding carboxylic acids is 1. The van der Waals surface area contributed by atoms with E-state index >= 15 is 0 Å². The normalized spacial score (nSPS) is 18.8. The summed E-state index contributed by atoms with van der Waals surface area (Å²) >= 11 is 12.6. The van der Waals surface area contributed by atoms with Crippen LogP contribution in [0.1, 0.15) is 30.6 Å². The van der Waals surface area contributed by atoms with Crippen LogP contribution >= 0.6 is 23.2 Å². The molecule has 1 fully saturated rings. The third-order valence-electron chi connectivity index (χ3n) is 4.48. The maximum atomic E-state index is 12.3. The molecule has 3 rings (SSSR count). The van der Waals surface area contributed by atoms with Gasteiger partial charge in [0, 0.05) is 18.0 Å². The predicted molar refractivity (Wildman–Crippen MR) is 105 cm³/mol.